The first-order valence-electron chi connectivity index (χ1n) is 13.6. The summed E-state index contributed by atoms with van der Waals surface area (Å²) in [5.41, 5.74) is 2.51. The Kier molecular flexibility index (Phi) is 10.2. The lowest BCUT2D eigenvalue weighted by Crippen LogP contribution is -2.56. The number of hydrogen-bond acceptors (Lipinski definition) is 8. The molecule has 1 aliphatic heterocycles. The lowest BCUT2D eigenvalue weighted by molar-refractivity contribution is -0.152. The first-order chi connectivity index (χ1) is 21.1. The fourth-order valence-electron chi connectivity index (χ4n) is 5.01. The van der Waals surface area contributed by atoms with Gasteiger partial charge >= 0.3 is 11.9 Å². The van der Waals surface area contributed by atoms with Gasteiger partial charge in [-0.05, 0) is 66.8 Å². The van der Waals surface area contributed by atoms with Crippen LogP contribution in [0.4, 0.5) is 5.69 Å². The Morgan fingerprint density at radius 2 is 1.64 bits per heavy atom. The summed E-state index contributed by atoms with van der Waals surface area (Å²) in [6.45, 7) is 1.59. The number of nitrogens with one attached hydrogen (secondary N) is 2. The van der Waals surface area contributed by atoms with Crippen molar-refractivity contribution in [3.8, 4) is 0 Å². The number of carbonyl (C=O) groups excluding carboxylic acids is 1. The molecule has 16 heteroatoms. The van der Waals surface area contributed by atoms with Crippen LogP contribution in [0.1, 0.15) is 30.0 Å². The molecule has 0 fully saturated rings. The summed E-state index contributed by atoms with van der Waals surface area (Å²) in [5.74, 6) is -2.87. The van der Waals surface area contributed by atoms with E-state index in [2.05, 4.69) is 10.0 Å². The molecule has 3 aromatic carbocycles. The Bertz CT molecular complexity index is 1830. The maximum absolute atomic E-state index is 13.3. The molecule has 240 valence electrons. The number of benzene rings is 3. The van der Waals surface area contributed by atoms with Crippen LogP contribution >= 0.6 is 11.6 Å². The zero-order valence-corrected chi connectivity index (χ0v) is 26.3. The highest BCUT2D eigenvalue weighted by atomic mass is 35.5. The minimum absolute atomic E-state index is 0.0737. The average molecular weight is 679 g/mol. The molecule has 0 radical (unpaired) electrons. The molecular weight excluding hydrogens is 648 g/mol. The second-order valence-electron chi connectivity index (χ2n) is 10.6. The summed E-state index contributed by atoms with van der Waals surface area (Å²) in [7, 11) is -8.47. The molecule has 0 unspecified atom stereocenters. The van der Waals surface area contributed by atoms with Crippen molar-refractivity contribution < 1.29 is 41.4 Å². The van der Waals surface area contributed by atoms with Gasteiger partial charge in [-0.15, -0.1) is 0 Å². The number of fused-ring (bicyclic) bond motifs is 1. The largest absolute Gasteiger partial charge is 0.480 e. The number of carboxylic acids is 2. The molecule has 4 rings (SSSR count). The molecule has 0 spiro atoms. The van der Waals surface area contributed by atoms with Crippen molar-refractivity contribution in [3.63, 3.8) is 0 Å². The molecule has 0 saturated heterocycles. The molecule has 6 N–H and O–H groups in total. The van der Waals surface area contributed by atoms with Crippen molar-refractivity contribution in [1.29, 1.82) is 0 Å². The van der Waals surface area contributed by atoms with Gasteiger partial charge in [0.15, 0.2) is 0 Å². The van der Waals surface area contributed by atoms with Crippen LogP contribution in [0.25, 0.3) is 0 Å². The maximum Gasteiger partial charge on any atom is 0.326 e. The Morgan fingerprint density at radius 1 is 1.00 bits per heavy atom. The van der Waals surface area contributed by atoms with Gasteiger partial charge in [-0.1, -0.05) is 48.0 Å². The second kappa shape index (κ2) is 13.5. The number of rotatable bonds is 12. The first-order valence-corrected chi connectivity index (χ1v) is 17.0. The molecule has 0 aliphatic carbocycles. The van der Waals surface area contributed by atoms with E-state index in [1.165, 1.54) is 24.0 Å². The van der Waals surface area contributed by atoms with E-state index >= 15 is 0 Å². The number of carboxylic acid groups (broad SMARTS) is 2. The highest BCUT2D eigenvalue weighted by Gasteiger charge is 2.37. The molecule has 0 saturated carbocycles. The molecule has 1 heterocycles. The summed E-state index contributed by atoms with van der Waals surface area (Å²) >= 11 is 5.84. The van der Waals surface area contributed by atoms with Crippen molar-refractivity contribution in [2.75, 3.05) is 4.72 Å². The summed E-state index contributed by atoms with van der Waals surface area (Å²) in [6, 6.07) is 13.2. The van der Waals surface area contributed by atoms with Crippen LogP contribution in [-0.2, 0) is 53.8 Å². The van der Waals surface area contributed by atoms with Crippen LogP contribution in [-0.4, -0.2) is 67.9 Å². The molecule has 0 aromatic heterocycles. The fourth-order valence-corrected chi connectivity index (χ4v) is 7.24. The van der Waals surface area contributed by atoms with E-state index in [4.69, 9.17) is 16.7 Å². The number of carbonyl (C=O) groups is 3. The minimum Gasteiger partial charge on any atom is -0.480 e. The van der Waals surface area contributed by atoms with Gasteiger partial charge in [0.05, 0.1) is 16.0 Å². The van der Waals surface area contributed by atoms with E-state index in [0.29, 0.717) is 5.56 Å². The Morgan fingerprint density at radius 3 is 2.24 bits per heavy atom. The molecule has 3 atom stereocenters. The van der Waals surface area contributed by atoms with Crippen molar-refractivity contribution in [3.05, 3.63) is 88.4 Å². The number of amides is 1. The highest BCUT2D eigenvalue weighted by molar-refractivity contribution is 7.93. The normalized spacial score (nSPS) is 16.3. The predicted octanol–water partition coefficient (Wildman–Crippen LogP) is 2.19. The lowest BCUT2D eigenvalue weighted by Gasteiger charge is -2.36. The quantitative estimate of drug-likeness (QED) is 0.188. The summed E-state index contributed by atoms with van der Waals surface area (Å²) < 4.78 is 51.4. The SMILES string of the molecule is C[C@H](N[C@@H](CCc1ccc(NS(=O)(=O)c2ccc(Cl)c(S(N)(=O)=O)c2)cc1)C(=O)O)C(=O)N1Cc2ccccc2C[C@H]1C(=O)O. The molecule has 3 aromatic rings. The molecule has 45 heavy (non-hydrogen) atoms. The summed E-state index contributed by atoms with van der Waals surface area (Å²) in [6.07, 6.45) is 0.473. The first kappa shape index (κ1) is 33.9. The van der Waals surface area contributed by atoms with E-state index < -0.39 is 60.9 Å². The fraction of sp³-hybridized carbons (Fsp3) is 0.276. The number of primary sulfonamides is 1. The smallest absolute Gasteiger partial charge is 0.326 e. The van der Waals surface area contributed by atoms with Gasteiger partial charge in [-0.3, -0.25) is 19.6 Å². The average Bonchev–Trinajstić information content (AvgIpc) is 2.98. The standard InChI is InChI=1S/C29H31ClN4O9S2/c1-17(27(35)34-16-20-5-3-2-4-19(20)14-25(34)29(38)39)32-24(28(36)37)13-8-18-6-9-21(10-7-18)33-45(42,43)22-11-12-23(30)26(15-22)44(31,40)41/h2-7,9-12,15,17,24-25,32-33H,8,13-14,16H2,1H3,(H,36,37)(H,38,39)(H2,31,40,41)/t17-,24-,25-/m0/s1. The highest BCUT2D eigenvalue weighted by Crippen LogP contribution is 2.26. The van der Waals surface area contributed by atoms with Gasteiger partial charge in [0.1, 0.15) is 17.0 Å². The monoisotopic (exact) mass is 678 g/mol. The van der Waals surface area contributed by atoms with Crippen molar-refractivity contribution in [1.82, 2.24) is 10.2 Å². The number of nitrogens with zero attached hydrogens (tertiary/aromatic N) is 1. The van der Waals surface area contributed by atoms with E-state index in [9.17, 15) is 41.4 Å². The minimum atomic E-state index is -4.27. The zero-order chi connectivity index (χ0) is 33.1. The third-order valence-electron chi connectivity index (χ3n) is 7.38. The van der Waals surface area contributed by atoms with Crippen molar-refractivity contribution in [2.24, 2.45) is 5.14 Å². The number of halogens is 1. The summed E-state index contributed by atoms with van der Waals surface area (Å²) in [4.78, 5) is 37.6. The molecule has 13 nitrogen and oxygen atoms in total. The number of aliphatic carboxylic acids is 2. The second-order valence-corrected chi connectivity index (χ2v) is 14.2. The maximum atomic E-state index is 13.3. The third-order valence-corrected chi connectivity index (χ3v) is 10.2. The number of anilines is 1. The van der Waals surface area contributed by atoms with E-state index in [-0.39, 0.29) is 41.4 Å². The van der Waals surface area contributed by atoms with Gasteiger partial charge in [0, 0.05) is 18.7 Å². The van der Waals surface area contributed by atoms with Crippen LogP contribution in [0.2, 0.25) is 5.02 Å². The Hall–Kier alpha value is -4.02. The molecule has 1 amide bonds. The topological polar surface area (TPSA) is 213 Å². The predicted molar refractivity (Wildman–Crippen MR) is 165 cm³/mol. The van der Waals surface area contributed by atoms with Crippen molar-refractivity contribution >= 4 is 55.2 Å². The van der Waals surface area contributed by atoms with Gasteiger partial charge < -0.3 is 15.1 Å². The Balaban J connectivity index is 1.39. The number of sulfonamides is 2. The van der Waals surface area contributed by atoms with Crippen LogP contribution in [0, 0.1) is 0 Å². The number of aryl methyl sites for hydroxylation is 1. The van der Waals surface area contributed by atoms with Gasteiger partial charge in [-0.25, -0.2) is 26.8 Å². The zero-order valence-electron chi connectivity index (χ0n) is 23.9. The Labute approximate surface area is 265 Å². The van der Waals surface area contributed by atoms with Crippen LogP contribution in [0.3, 0.4) is 0 Å². The van der Waals surface area contributed by atoms with E-state index in [1.54, 1.807) is 24.3 Å². The number of nitrogens with two attached hydrogens (primary N) is 1. The molecule has 0 bridgehead atoms. The van der Waals surface area contributed by atoms with Gasteiger partial charge in [0.2, 0.25) is 15.9 Å². The molecule has 1 aliphatic rings. The van der Waals surface area contributed by atoms with Gasteiger partial charge in [0.25, 0.3) is 10.0 Å². The van der Waals surface area contributed by atoms with E-state index in [1.807, 2.05) is 12.1 Å². The van der Waals surface area contributed by atoms with Crippen molar-refractivity contribution in [2.45, 2.75) is 60.6 Å². The van der Waals surface area contributed by atoms with Crippen LogP contribution in [0.5, 0.6) is 0 Å². The van der Waals surface area contributed by atoms with E-state index in [0.717, 1.165) is 29.3 Å². The van der Waals surface area contributed by atoms with Gasteiger partial charge in [-0.2, -0.15) is 0 Å². The third kappa shape index (κ3) is 8.18. The van der Waals surface area contributed by atoms with Crippen LogP contribution in [0.15, 0.2) is 76.5 Å². The molecular formula is C29H31ClN4O9S2. The lowest BCUT2D eigenvalue weighted by atomic mass is 9.93. The van der Waals surface area contributed by atoms with Crippen LogP contribution < -0.4 is 15.2 Å². The summed E-state index contributed by atoms with van der Waals surface area (Å²) in [5, 5.41) is 27.3. The number of hydrogen-bond donors (Lipinski definition) is 5.